The van der Waals surface area contributed by atoms with E-state index in [-0.39, 0.29) is 17.8 Å². The zero-order valence-corrected chi connectivity index (χ0v) is 16.2. The van der Waals surface area contributed by atoms with Crippen LogP contribution in [0.2, 0.25) is 0 Å². The van der Waals surface area contributed by atoms with Crippen molar-refractivity contribution in [2.75, 3.05) is 64.9 Å². The Balaban J connectivity index is 1.31. The predicted octanol–water partition coefficient (Wildman–Crippen LogP) is 1.47. The summed E-state index contributed by atoms with van der Waals surface area (Å²) in [6.45, 7) is 5.70. The summed E-state index contributed by atoms with van der Waals surface area (Å²) in [4.78, 5) is 2.23. The second-order valence-corrected chi connectivity index (χ2v) is 8.16. The van der Waals surface area contributed by atoms with Crippen LogP contribution in [0, 0.1) is 0 Å². The van der Waals surface area contributed by atoms with Gasteiger partial charge in [-0.3, -0.25) is 4.90 Å². The summed E-state index contributed by atoms with van der Waals surface area (Å²) in [5.41, 5.74) is 0.930. The maximum Gasteiger partial charge on any atom is 0.139 e. The lowest BCUT2D eigenvalue weighted by Gasteiger charge is -2.46. The van der Waals surface area contributed by atoms with E-state index in [1.807, 2.05) is 18.2 Å². The zero-order chi connectivity index (χ0) is 18.0. The number of hydrogen-bond donors (Lipinski definition) is 1. The van der Waals surface area contributed by atoms with Gasteiger partial charge in [-0.1, -0.05) is 6.07 Å². The third kappa shape index (κ3) is 4.11. The Kier molecular flexibility index (Phi) is 5.58. The van der Waals surface area contributed by atoms with Gasteiger partial charge in [-0.25, -0.2) is 4.31 Å². The minimum absolute atomic E-state index is 0.0608. The lowest BCUT2D eigenvalue weighted by molar-refractivity contribution is -0.227. The highest BCUT2D eigenvalue weighted by atomic mass is 32.2. The fraction of sp³-hybridized carbons (Fsp3) is 0.667. The molecule has 0 radical (unpaired) electrons. The van der Waals surface area contributed by atoms with E-state index in [0.29, 0.717) is 13.2 Å². The van der Waals surface area contributed by atoms with Gasteiger partial charge in [-0.05, 0) is 19.2 Å². The number of methoxy groups -OCH3 is 1. The quantitative estimate of drug-likeness (QED) is 0.744. The molecule has 2 unspecified atom stereocenters. The minimum atomic E-state index is -0.0957. The van der Waals surface area contributed by atoms with E-state index >= 15 is 0 Å². The minimum Gasteiger partial charge on any atom is -0.486 e. The molecule has 0 amide bonds. The molecule has 1 aromatic carbocycles. The molecule has 0 saturated carbocycles. The number of morpholine rings is 1. The molecule has 3 aliphatic rings. The van der Waals surface area contributed by atoms with Crippen LogP contribution in [0.15, 0.2) is 24.3 Å². The van der Waals surface area contributed by atoms with Crippen LogP contribution in [0.25, 0.3) is 0 Å². The van der Waals surface area contributed by atoms with Crippen LogP contribution in [-0.4, -0.2) is 87.2 Å². The third-order valence-electron chi connectivity index (χ3n) is 5.06. The lowest BCUT2D eigenvalue weighted by atomic mass is 10.0. The maximum absolute atomic E-state index is 6.18. The van der Waals surface area contributed by atoms with Gasteiger partial charge in [0.05, 0.1) is 19.8 Å². The van der Waals surface area contributed by atoms with Crippen molar-refractivity contribution in [2.24, 2.45) is 0 Å². The van der Waals surface area contributed by atoms with E-state index in [4.69, 9.17) is 18.9 Å². The first-order chi connectivity index (χ1) is 12.7. The summed E-state index contributed by atoms with van der Waals surface area (Å²) >= 11 is 1.62. The lowest BCUT2D eigenvalue weighted by Crippen LogP contribution is -2.61. The monoisotopic (exact) mass is 381 g/mol. The summed E-state index contributed by atoms with van der Waals surface area (Å²) in [5.74, 6) is 0.865. The van der Waals surface area contributed by atoms with E-state index in [2.05, 4.69) is 27.0 Å². The normalized spacial score (nSPS) is 28.8. The average Bonchev–Trinajstić information content (AvgIpc) is 2.98. The number of hydrogen-bond acceptors (Lipinski definition) is 8. The second kappa shape index (κ2) is 7.92. The van der Waals surface area contributed by atoms with Gasteiger partial charge in [0, 0.05) is 57.2 Å². The SMILES string of the molecule is COC1CN(C)CC1Oc1cccc(NSN2CCOC3(COC3)C2)c1. The number of benzene rings is 1. The first kappa shape index (κ1) is 18.3. The topological polar surface area (TPSA) is 55.4 Å². The first-order valence-corrected chi connectivity index (χ1v) is 9.81. The Morgan fingerprint density at radius 3 is 2.88 bits per heavy atom. The van der Waals surface area contributed by atoms with Crippen molar-refractivity contribution in [3.05, 3.63) is 24.3 Å². The Labute approximate surface area is 159 Å². The van der Waals surface area contributed by atoms with Crippen molar-refractivity contribution in [3.63, 3.8) is 0 Å². The molecule has 0 bridgehead atoms. The zero-order valence-electron chi connectivity index (χ0n) is 15.3. The molecular formula is C18H27N3O4S. The molecule has 3 aliphatic heterocycles. The molecule has 1 spiro atoms. The van der Waals surface area contributed by atoms with Crippen molar-refractivity contribution < 1.29 is 18.9 Å². The van der Waals surface area contributed by atoms with Crippen LogP contribution in [0.5, 0.6) is 5.75 Å². The summed E-state index contributed by atoms with van der Waals surface area (Å²) in [6, 6.07) is 8.10. The summed E-state index contributed by atoms with van der Waals surface area (Å²) in [6.07, 6.45) is 0.172. The van der Waals surface area contributed by atoms with Gasteiger partial charge in [0.15, 0.2) is 0 Å². The Bertz CT molecular complexity index is 616. The van der Waals surface area contributed by atoms with Crippen LogP contribution in [-0.2, 0) is 14.2 Å². The summed E-state index contributed by atoms with van der Waals surface area (Å²) in [5, 5.41) is 0. The molecule has 3 heterocycles. The third-order valence-corrected chi connectivity index (χ3v) is 5.96. The molecular weight excluding hydrogens is 354 g/mol. The molecule has 4 rings (SSSR count). The highest BCUT2D eigenvalue weighted by molar-refractivity contribution is 7.98. The van der Waals surface area contributed by atoms with Crippen molar-refractivity contribution >= 4 is 17.8 Å². The largest absolute Gasteiger partial charge is 0.486 e. The van der Waals surface area contributed by atoms with Gasteiger partial charge < -0.3 is 23.7 Å². The van der Waals surface area contributed by atoms with E-state index in [0.717, 1.165) is 44.2 Å². The van der Waals surface area contributed by atoms with Gasteiger partial charge in [-0.2, -0.15) is 0 Å². The molecule has 1 N–H and O–H groups in total. The van der Waals surface area contributed by atoms with E-state index in [1.54, 1.807) is 19.2 Å². The second-order valence-electron chi connectivity index (χ2n) is 7.26. The van der Waals surface area contributed by atoms with Gasteiger partial charge >= 0.3 is 0 Å². The van der Waals surface area contributed by atoms with Crippen molar-refractivity contribution in [1.29, 1.82) is 0 Å². The molecule has 8 heteroatoms. The number of likely N-dealkylation sites (N-methyl/N-ethyl adjacent to an activating group) is 1. The number of nitrogens with zero attached hydrogens (tertiary/aromatic N) is 2. The Hall–Kier alpha value is -1.03. The summed E-state index contributed by atoms with van der Waals surface area (Å²) < 4.78 is 28.6. The molecule has 1 aromatic rings. The van der Waals surface area contributed by atoms with Gasteiger partial charge in [0.25, 0.3) is 0 Å². The average molecular weight is 381 g/mol. The maximum atomic E-state index is 6.18. The van der Waals surface area contributed by atoms with E-state index in [9.17, 15) is 0 Å². The van der Waals surface area contributed by atoms with Crippen molar-refractivity contribution in [1.82, 2.24) is 9.21 Å². The van der Waals surface area contributed by atoms with Gasteiger partial charge in [-0.15, -0.1) is 0 Å². The first-order valence-electron chi connectivity index (χ1n) is 9.03. The number of likely N-dealkylation sites (tertiary alicyclic amines) is 1. The molecule has 26 heavy (non-hydrogen) atoms. The Morgan fingerprint density at radius 1 is 1.27 bits per heavy atom. The number of rotatable bonds is 6. The molecule has 144 valence electrons. The molecule has 2 atom stereocenters. The fourth-order valence-electron chi connectivity index (χ4n) is 3.58. The predicted molar refractivity (Wildman–Crippen MR) is 101 cm³/mol. The van der Waals surface area contributed by atoms with Gasteiger partial charge in [0.1, 0.15) is 23.6 Å². The van der Waals surface area contributed by atoms with E-state index in [1.165, 1.54) is 0 Å². The van der Waals surface area contributed by atoms with Crippen LogP contribution in [0.4, 0.5) is 5.69 Å². The van der Waals surface area contributed by atoms with Crippen LogP contribution < -0.4 is 9.46 Å². The standard InChI is InChI=1S/C18H27N3O4S/c1-20-9-16(22-2)17(10-20)25-15-5-3-4-14(8-15)19-26-21-6-7-24-18(11-21)12-23-13-18/h3-5,8,16-17,19H,6-7,9-13H2,1-2H3. The molecule has 0 aromatic heterocycles. The highest BCUT2D eigenvalue weighted by Gasteiger charge is 2.44. The van der Waals surface area contributed by atoms with Crippen molar-refractivity contribution in [3.8, 4) is 5.75 Å². The fourth-order valence-corrected chi connectivity index (χ4v) is 4.41. The molecule has 3 fully saturated rings. The van der Waals surface area contributed by atoms with Crippen molar-refractivity contribution in [2.45, 2.75) is 17.8 Å². The Morgan fingerprint density at radius 2 is 2.12 bits per heavy atom. The van der Waals surface area contributed by atoms with Crippen LogP contribution >= 0.6 is 12.1 Å². The molecule has 7 nitrogen and oxygen atoms in total. The molecule has 0 aliphatic carbocycles. The van der Waals surface area contributed by atoms with Crippen LogP contribution in [0.3, 0.4) is 0 Å². The smallest absolute Gasteiger partial charge is 0.139 e. The van der Waals surface area contributed by atoms with E-state index < -0.39 is 0 Å². The summed E-state index contributed by atoms with van der Waals surface area (Å²) in [7, 11) is 3.84. The van der Waals surface area contributed by atoms with Gasteiger partial charge in [0.2, 0.25) is 0 Å². The number of anilines is 1. The number of nitrogens with one attached hydrogen (secondary N) is 1. The highest BCUT2D eigenvalue weighted by Crippen LogP contribution is 2.30. The molecule has 3 saturated heterocycles. The van der Waals surface area contributed by atoms with Crippen LogP contribution in [0.1, 0.15) is 0 Å². The number of ether oxygens (including phenoxy) is 4.